The Morgan fingerprint density at radius 1 is 1.00 bits per heavy atom. The van der Waals surface area contributed by atoms with Crippen molar-refractivity contribution in [2.24, 2.45) is 4.99 Å². The van der Waals surface area contributed by atoms with Crippen molar-refractivity contribution in [3.8, 4) is 11.5 Å². The van der Waals surface area contributed by atoms with Gasteiger partial charge in [-0.2, -0.15) is 0 Å². The van der Waals surface area contributed by atoms with E-state index >= 15 is 0 Å². The molecule has 0 spiro atoms. The molecular formula is C22H40N4O4. The average Bonchev–Trinajstić information content (AvgIpc) is 2.78. The summed E-state index contributed by atoms with van der Waals surface area (Å²) in [6.07, 6.45) is 0.901. The fourth-order valence-corrected chi connectivity index (χ4v) is 2.80. The molecule has 172 valence electrons. The Morgan fingerprint density at radius 3 is 2.47 bits per heavy atom. The maximum absolute atomic E-state index is 5.92. The molecule has 30 heavy (non-hydrogen) atoms. The molecule has 0 aliphatic heterocycles. The molecule has 8 heteroatoms. The molecule has 0 saturated carbocycles. The van der Waals surface area contributed by atoms with Crippen molar-refractivity contribution >= 4 is 5.96 Å². The number of hydrogen-bond acceptors (Lipinski definition) is 6. The highest BCUT2D eigenvalue weighted by Gasteiger charge is 2.08. The first kappa shape index (κ1) is 26.0. The second-order valence-electron chi connectivity index (χ2n) is 6.67. The maximum atomic E-state index is 5.92. The first-order valence-corrected chi connectivity index (χ1v) is 10.7. The summed E-state index contributed by atoms with van der Waals surface area (Å²) in [7, 11) is 5.10. The Kier molecular flexibility index (Phi) is 14.5. The quantitative estimate of drug-likeness (QED) is 0.239. The van der Waals surface area contributed by atoms with Crippen LogP contribution in [0.25, 0.3) is 0 Å². The van der Waals surface area contributed by atoms with E-state index in [2.05, 4.69) is 34.4 Å². The minimum Gasteiger partial charge on any atom is -0.493 e. The Morgan fingerprint density at radius 2 is 1.80 bits per heavy atom. The van der Waals surface area contributed by atoms with Gasteiger partial charge in [0.05, 0.1) is 20.3 Å². The SMILES string of the molecule is CCN(CC)CCOc1ccc(CNC(=NC)NCCCOCCOC)cc1OC. The van der Waals surface area contributed by atoms with Gasteiger partial charge in [0.1, 0.15) is 6.61 Å². The summed E-state index contributed by atoms with van der Waals surface area (Å²) in [5, 5.41) is 6.60. The summed E-state index contributed by atoms with van der Waals surface area (Å²) >= 11 is 0. The zero-order valence-corrected chi connectivity index (χ0v) is 19.3. The topological polar surface area (TPSA) is 76.6 Å². The zero-order valence-electron chi connectivity index (χ0n) is 19.3. The third kappa shape index (κ3) is 10.7. The van der Waals surface area contributed by atoms with E-state index in [1.165, 1.54) is 0 Å². The summed E-state index contributed by atoms with van der Waals surface area (Å²) in [6.45, 7) is 11.3. The number of nitrogens with zero attached hydrogens (tertiary/aromatic N) is 2. The molecule has 0 bridgehead atoms. The van der Waals surface area contributed by atoms with Crippen LogP contribution in [0.3, 0.4) is 0 Å². The van der Waals surface area contributed by atoms with Gasteiger partial charge in [-0.15, -0.1) is 0 Å². The number of benzene rings is 1. The van der Waals surface area contributed by atoms with Gasteiger partial charge in [-0.25, -0.2) is 0 Å². The number of aliphatic imine (C=N–C) groups is 1. The second-order valence-corrected chi connectivity index (χ2v) is 6.67. The lowest BCUT2D eigenvalue weighted by atomic mass is 10.2. The van der Waals surface area contributed by atoms with Gasteiger partial charge in [0, 0.05) is 40.4 Å². The Bertz CT molecular complexity index is 595. The van der Waals surface area contributed by atoms with Crippen molar-refractivity contribution in [2.45, 2.75) is 26.8 Å². The van der Waals surface area contributed by atoms with Crippen LogP contribution in [0.2, 0.25) is 0 Å². The summed E-state index contributed by atoms with van der Waals surface area (Å²) in [4.78, 5) is 6.59. The summed E-state index contributed by atoms with van der Waals surface area (Å²) in [5.41, 5.74) is 1.09. The first-order valence-electron chi connectivity index (χ1n) is 10.7. The second kappa shape index (κ2) is 16.7. The molecular weight excluding hydrogens is 384 g/mol. The Balaban J connectivity index is 2.41. The van der Waals surface area contributed by atoms with Crippen molar-refractivity contribution in [1.29, 1.82) is 0 Å². The molecule has 0 unspecified atom stereocenters. The minimum atomic E-state index is 0.625. The molecule has 0 amide bonds. The highest BCUT2D eigenvalue weighted by atomic mass is 16.5. The smallest absolute Gasteiger partial charge is 0.191 e. The van der Waals surface area contributed by atoms with Gasteiger partial charge in [-0.1, -0.05) is 19.9 Å². The standard InChI is InChI=1S/C22H40N4O4/c1-6-26(7-2)12-14-30-20-10-9-19(17-21(20)28-5)18-25-22(23-3)24-11-8-13-29-16-15-27-4/h9-10,17H,6-8,11-16,18H2,1-5H3,(H2,23,24,25). The molecule has 0 aliphatic carbocycles. The number of methoxy groups -OCH3 is 2. The lowest BCUT2D eigenvalue weighted by Crippen LogP contribution is -2.37. The molecule has 0 radical (unpaired) electrons. The molecule has 8 nitrogen and oxygen atoms in total. The lowest BCUT2D eigenvalue weighted by Gasteiger charge is -2.19. The van der Waals surface area contributed by atoms with E-state index in [4.69, 9.17) is 18.9 Å². The summed E-state index contributed by atoms with van der Waals surface area (Å²) in [5.74, 6) is 2.26. The van der Waals surface area contributed by atoms with Crippen LogP contribution in [0.5, 0.6) is 11.5 Å². The van der Waals surface area contributed by atoms with Crippen molar-refractivity contribution in [3.05, 3.63) is 23.8 Å². The van der Waals surface area contributed by atoms with Crippen molar-refractivity contribution < 1.29 is 18.9 Å². The van der Waals surface area contributed by atoms with E-state index in [1.807, 2.05) is 18.2 Å². The third-order valence-electron chi connectivity index (χ3n) is 4.66. The summed E-state index contributed by atoms with van der Waals surface area (Å²) < 4.78 is 21.8. The molecule has 0 aromatic heterocycles. The number of likely N-dealkylation sites (N-methyl/N-ethyl adjacent to an activating group) is 1. The van der Waals surface area contributed by atoms with Crippen LogP contribution in [0.15, 0.2) is 23.2 Å². The molecule has 0 heterocycles. The maximum Gasteiger partial charge on any atom is 0.191 e. The summed E-state index contributed by atoms with van der Waals surface area (Å²) in [6, 6.07) is 6.00. The van der Waals surface area contributed by atoms with Crippen LogP contribution in [0.1, 0.15) is 25.8 Å². The first-order chi connectivity index (χ1) is 14.7. The zero-order chi connectivity index (χ0) is 22.0. The third-order valence-corrected chi connectivity index (χ3v) is 4.66. The number of hydrogen-bond donors (Lipinski definition) is 2. The molecule has 2 N–H and O–H groups in total. The van der Waals surface area contributed by atoms with Gasteiger partial charge in [-0.05, 0) is 37.2 Å². The van der Waals surface area contributed by atoms with Crippen molar-refractivity contribution in [1.82, 2.24) is 15.5 Å². The predicted molar refractivity (Wildman–Crippen MR) is 122 cm³/mol. The van der Waals surface area contributed by atoms with E-state index in [0.717, 1.165) is 55.6 Å². The number of ether oxygens (including phenoxy) is 4. The lowest BCUT2D eigenvalue weighted by molar-refractivity contribution is 0.0698. The minimum absolute atomic E-state index is 0.625. The fourth-order valence-electron chi connectivity index (χ4n) is 2.80. The van der Waals surface area contributed by atoms with E-state index < -0.39 is 0 Å². The Labute approximate surface area is 181 Å². The van der Waals surface area contributed by atoms with Crippen LogP contribution in [-0.2, 0) is 16.0 Å². The van der Waals surface area contributed by atoms with Crippen LogP contribution < -0.4 is 20.1 Å². The van der Waals surface area contributed by atoms with E-state index in [0.29, 0.717) is 33.0 Å². The van der Waals surface area contributed by atoms with Crippen LogP contribution in [0, 0.1) is 0 Å². The highest BCUT2D eigenvalue weighted by Crippen LogP contribution is 2.28. The largest absolute Gasteiger partial charge is 0.493 e. The van der Waals surface area contributed by atoms with Gasteiger partial charge < -0.3 is 34.5 Å². The molecule has 1 aromatic rings. The molecule has 0 atom stereocenters. The van der Waals surface area contributed by atoms with Gasteiger partial charge in [0.2, 0.25) is 0 Å². The van der Waals surface area contributed by atoms with E-state index in [1.54, 1.807) is 21.3 Å². The van der Waals surface area contributed by atoms with Crippen molar-refractivity contribution in [3.63, 3.8) is 0 Å². The number of rotatable bonds is 16. The van der Waals surface area contributed by atoms with Gasteiger partial charge in [0.25, 0.3) is 0 Å². The predicted octanol–water partition coefficient (Wildman–Crippen LogP) is 2.13. The van der Waals surface area contributed by atoms with Gasteiger partial charge in [-0.3, -0.25) is 4.99 Å². The monoisotopic (exact) mass is 424 g/mol. The molecule has 1 rings (SSSR count). The highest BCUT2D eigenvalue weighted by molar-refractivity contribution is 5.79. The van der Waals surface area contributed by atoms with Gasteiger partial charge >= 0.3 is 0 Å². The van der Waals surface area contributed by atoms with E-state index in [-0.39, 0.29) is 0 Å². The van der Waals surface area contributed by atoms with Gasteiger partial charge in [0.15, 0.2) is 17.5 Å². The van der Waals surface area contributed by atoms with Crippen LogP contribution in [0.4, 0.5) is 0 Å². The number of nitrogens with one attached hydrogen (secondary N) is 2. The Hall–Kier alpha value is -2.03. The molecule has 1 aromatic carbocycles. The molecule has 0 aliphatic rings. The fraction of sp³-hybridized carbons (Fsp3) is 0.682. The van der Waals surface area contributed by atoms with E-state index in [9.17, 15) is 0 Å². The average molecular weight is 425 g/mol. The van der Waals surface area contributed by atoms with Crippen molar-refractivity contribution in [2.75, 3.05) is 73.9 Å². The normalized spacial score (nSPS) is 11.6. The molecule has 0 saturated heterocycles. The molecule has 0 fully saturated rings. The van der Waals surface area contributed by atoms with Crippen LogP contribution >= 0.6 is 0 Å². The number of guanidine groups is 1. The van der Waals surface area contributed by atoms with Crippen LogP contribution in [-0.4, -0.2) is 84.7 Å².